The molecule has 190 valence electrons. The first-order chi connectivity index (χ1) is 18.5. The van der Waals surface area contributed by atoms with E-state index in [2.05, 4.69) is 28.8 Å². The predicted octanol–water partition coefficient (Wildman–Crippen LogP) is 5.62. The van der Waals surface area contributed by atoms with E-state index in [9.17, 15) is 14.4 Å². The van der Waals surface area contributed by atoms with Gasteiger partial charge in [0.1, 0.15) is 6.54 Å². The highest BCUT2D eigenvalue weighted by molar-refractivity contribution is 8.18. The summed E-state index contributed by atoms with van der Waals surface area (Å²) in [6.07, 6.45) is 2.59. The molecule has 3 amide bonds. The number of aromatic nitrogens is 1. The van der Waals surface area contributed by atoms with Crippen molar-refractivity contribution < 1.29 is 14.4 Å². The largest absolute Gasteiger partial charge is 0.340 e. The number of carbonyl (C=O) groups excluding carboxylic acids is 3. The third kappa shape index (κ3) is 4.43. The van der Waals surface area contributed by atoms with Gasteiger partial charge in [0.2, 0.25) is 5.91 Å². The maximum atomic E-state index is 13.3. The van der Waals surface area contributed by atoms with Crippen LogP contribution < -0.4 is 0 Å². The van der Waals surface area contributed by atoms with Crippen LogP contribution in [-0.2, 0) is 29.1 Å². The van der Waals surface area contributed by atoms with Crippen LogP contribution in [0.25, 0.3) is 17.0 Å². The summed E-state index contributed by atoms with van der Waals surface area (Å²) in [7, 11) is 0. The minimum Gasteiger partial charge on any atom is -0.340 e. The minimum atomic E-state index is -0.412. The van der Waals surface area contributed by atoms with Gasteiger partial charge in [0.25, 0.3) is 11.1 Å². The van der Waals surface area contributed by atoms with Crippen molar-refractivity contribution in [2.75, 3.05) is 13.1 Å². The summed E-state index contributed by atoms with van der Waals surface area (Å²) in [5.41, 5.74) is 6.55. The molecular weight excluding hydrogens is 494 g/mol. The zero-order chi connectivity index (χ0) is 26.2. The van der Waals surface area contributed by atoms with Crippen molar-refractivity contribution in [3.05, 3.63) is 112 Å². The summed E-state index contributed by atoms with van der Waals surface area (Å²) in [4.78, 5) is 42.4. The molecule has 38 heavy (non-hydrogen) atoms. The molecule has 3 aromatic carbocycles. The molecule has 2 aliphatic heterocycles. The molecule has 0 N–H and O–H groups in total. The molecule has 0 atom stereocenters. The van der Waals surface area contributed by atoms with Crippen LogP contribution in [0.4, 0.5) is 4.79 Å². The number of hydrogen-bond donors (Lipinski definition) is 0. The summed E-state index contributed by atoms with van der Waals surface area (Å²) in [5.74, 6) is -0.622. The van der Waals surface area contributed by atoms with E-state index in [1.807, 2.05) is 67.6 Å². The third-order valence-electron chi connectivity index (χ3n) is 7.39. The van der Waals surface area contributed by atoms with Crippen molar-refractivity contribution in [1.29, 1.82) is 0 Å². The Balaban J connectivity index is 1.25. The van der Waals surface area contributed by atoms with Crippen molar-refractivity contribution in [3.8, 4) is 0 Å². The summed E-state index contributed by atoms with van der Waals surface area (Å²) >= 11 is 0.903. The van der Waals surface area contributed by atoms with Gasteiger partial charge in [-0.25, -0.2) is 0 Å². The molecule has 0 saturated carbocycles. The Bertz CT molecular complexity index is 1610. The molecule has 0 radical (unpaired) electrons. The van der Waals surface area contributed by atoms with Gasteiger partial charge in [-0.05, 0) is 53.9 Å². The molecule has 6 nitrogen and oxygen atoms in total. The number of para-hydroxylation sites is 1. The van der Waals surface area contributed by atoms with Crippen LogP contribution in [0.15, 0.2) is 83.8 Å². The molecule has 0 aliphatic carbocycles. The van der Waals surface area contributed by atoms with Gasteiger partial charge in [-0.1, -0.05) is 72.8 Å². The molecule has 1 fully saturated rings. The van der Waals surface area contributed by atoms with Crippen molar-refractivity contribution in [2.45, 2.75) is 26.4 Å². The number of nitrogens with zero attached hydrogens (tertiary/aromatic N) is 3. The molecule has 4 aromatic rings. The first-order valence-electron chi connectivity index (χ1n) is 12.7. The number of fused-ring (bicyclic) bond motifs is 2. The number of carbonyl (C=O) groups is 3. The SMILES string of the molecule is Cc1c(/C=C2\SC(=O)N(CC(=O)N3CCc4ccccc4C3)C2=O)c2ccccc2n1Cc1ccccc1. The molecule has 1 saturated heterocycles. The normalized spacial score (nSPS) is 16.5. The van der Waals surface area contributed by atoms with E-state index in [4.69, 9.17) is 0 Å². The van der Waals surface area contributed by atoms with E-state index < -0.39 is 11.1 Å². The van der Waals surface area contributed by atoms with Crippen molar-refractivity contribution in [3.63, 3.8) is 0 Å². The zero-order valence-electron chi connectivity index (χ0n) is 21.1. The number of amides is 3. The fourth-order valence-corrected chi connectivity index (χ4v) is 6.14. The molecule has 1 aromatic heterocycles. The van der Waals surface area contributed by atoms with E-state index in [-0.39, 0.29) is 12.5 Å². The number of imide groups is 1. The summed E-state index contributed by atoms with van der Waals surface area (Å²) in [5, 5.41) is 0.619. The minimum absolute atomic E-state index is 0.210. The van der Waals surface area contributed by atoms with Gasteiger partial charge in [0.15, 0.2) is 0 Å². The Morgan fingerprint density at radius 3 is 2.45 bits per heavy atom. The summed E-state index contributed by atoms with van der Waals surface area (Å²) < 4.78 is 2.23. The number of rotatable bonds is 5. The van der Waals surface area contributed by atoms with E-state index in [0.29, 0.717) is 24.5 Å². The highest BCUT2D eigenvalue weighted by Gasteiger charge is 2.37. The van der Waals surface area contributed by atoms with Crippen LogP contribution in [0.2, 0.25) is 0 Å². The molecule has 0 bridgehead atoms. The summed E-state index contributed by atoms with van der Waals surface area (Å²) in [6.45, 7) is 3.59. The second-order valence-electron chi connectivity index (χ2n) is 9.69. The van der Waals surface area contributed by atoms with Crippen LogP contribution in [0.3, 0.4) is 0 Å². The molecule has 0 spiro atoms. The van der Waals surface area contributed by atoms with Crippen LogP contribution in [0.5, 0.6) is 0 Å². The highest BCUT2D eigenvalue weighted by Crippen LogP contribution is 2.36. The third-order valence-corrected chi connectivity index (χ3v) is 8.30. The van der Waals surface area contributed by atoms with Crippen molar-refractivity contribution in [2.24, 2.45) is 0 Å². The van der Waals surface area contributed by atoms with Gasteiger partial charge in [-0.3, -0.25) is 19.3 Å². The monoisotopic (exact) mass is 521 g/mol. The van der Waals surface area contributed by atoms with Crippen molar-refractivity contribution >= 4 is 45.8 Å². The fraction of sp³-hybridized carbons (Fsp3) is 0.194. The number of benzene rings is 3. The second-order valence-corrected chi connectivity index (χ2v) is 10.7. The van der Waals surface area contributed by atoms with E-state index >= 15 is 0 Å². The average molecular weight is 522 g/mol. The number of hydrogen-bond acceptors (Lipinski definition) is 4. The fourth-order valence-electron chi connectivity index (χ4n) is 5.32. The molecule has 0 unspecified atom stereocenters. The Hall–Kier alpha value is -4.10. The molecular formula is C31H27N3O3S. The Labute approximate surface area is 225 Å². The maximum Gasteiger partial charge on any atom is 0.294 e. The molecule has 7 heteroatoms. The highest BCUT2D eigenvalue weighted by atomic mass is 32.2. The number of thioether (sulfide) groups is 1. The molecule has 6 rings (SSSR count). The first kappa shape index (κ1) is 24.2. The van der Waals surface area contributed by atoms with Gasteiger partial charge in [0, 0.05) is 41.8 Å². The second kappa shape index (κ2) is 9.99. The van der Waals surface area contributed by atoms with Crippen molar-refractivity contribution in [1.82, 2.24) is 14.4 Å². The van der Waals surface area contributed by atoms with Gasteiger partial charge in [-0.2, -0.15) is 0 Å². The standard InChI is InChI=1S/C31H27N3O3S/c1-21-26(25-13-7-8-14-27(25)33(21)18-22-9-3-2-4-10-22)17-28-30(36)34(31(37)38-28)20-29(35)32-16-15-23-11-5-6-12-24(23)19-32/h2-14,17H,15-16,18-20H2,1H3/b28-17-. The first-order valence-corrected chi connectivity index (χ1v) is 13.5. The van der Waals surface area contributed by atoms with E-state index in [0.717, 1.165) is 50.8 Å². The van der Waals surface area contributed by atoms with Gasteiger partial charge < -0.3 is 9.47 Å². The smallest absolute Gasteiger partial charge is 0.294 e. The van der Waals surface area contributed by atoms with Gasteiger partial charge in [-0.15, -0.1) is 0 Å². The lowest BCUT2D eigenvalue weighted by molar-refractivity contribution is -0.136. The van der Waals surface area contributed by atoms with Gasteiger partial charge in [0.05, 0.1) is 4.91 Å². The Morgan fingerprint density at radius 1 is 0.921 bits per heavy atom. The quantitative estimate of drug-likeness (QED) is 0.320. The zero-order valence-corrected chi connectivity index (χ0v) is 21.9. The maximum absolute atomic E-state index is 13.3. The van der Waals surface area contributed by atoms with E-state index in [1.54, 1.807) is 4.90 Å². The topological polar surface area (TPSA) is 62.6 Å². The molecule has 2 aliphatic rings. The Kier molecular flexibility index (Phi) is 6.37. The van der Waals surface area contributed by atoms with Crippen LogP contribution in [-0.4, -0.2) is 44.5 Å². The van der Waals surface area contributed by atoms with Crippen LogP contribution >= 0.6 is 11.8 Å². The van der Waals surface area contributed by atoms with Crippen LogP contribution in [0.1, 0.15) is 27.9 Å². The average Bonchev–Trinajstić information content (AvgIpc) is 3.36. The summed E-state index contributed by atoms with van der Waals surface area (Å²) in [6, 6.07) is 26.4. The van der Waals surface area contributed by atoms with E-state index in [1.165, 1.54) is 11.1 Å². The Morgan fingerprint density at radius 2 is 1.63 bits per heavy atom. The predicted molar refractivity (Wildman–Crippen MR) is 150 cm³/mol. The molecule has 3 heterocycles. The van der Waals surface area contributed by atoms with Gasteiger partial charge >= 0.3 is 0 Å². The lowest BCUT2D eigenvalue weighted by atomic mass is 10.00. The van der Waals surface area contributed by atoms with Crippen LogP contribution in [0, 0.1) is 6.92 Å². The lowest BCUT2D eigenvalue weighted by Crippen LogP contribution is -2.44. The lowest BCUT2D eigenvalue weighted by Gasteiger charge is -2.29.